The average molecular weight is 495 g/mol. The lowest BCUT2D eigenvalue weighted by Crippen LogP contribution is -2.51. The van der Waals surface area contributed by atoms with Gasteiger partial charge < -0.3 is 19.6 Å². The van der Waals surface area contributed by atoms with Crippen LogP contribution in [0.3, 0.4) is 0 Å². The van der Waals surface area contributed by atoms with Gasteiger partial charge in [-0.3, -0.25) is 4.79 Å². The maximum atomic E-state index is 14.4. The van der Waals surface area contributed by atoms with E-state index < -0.39 is 11.6 Å². The van der Waals surface area contributed by atoms with E-state index in [0.717, 1.165) is 50.9 Å². The lowest BCUT2D eigenvalue weighted by Gasteiger charge is -2.38. The highest BCUT2D eigenvalue weighted by atomic mass is 35.5. The third-order valence-corrected chi connectivity index (χ3v) is 6.74. The fourth-order valence-electron chi connectivity index (χ4n) is 4.44. The van der Waals surface area contributed by atoms with Crippen LogP contribution in [0, 0.1) is 23.5 Å². The van der Waals surface area contributed by atoms with Crippen LogP contribution in [-0.4, -0.2) is 65.3 Å². The molecule has 1 N–H and O–H groups in total. The minimum Gasteiger partial charge on any atom is -0.493 e. The quantitative estimate of drug-likeness (QED) is 0.538. The number of carbonyl (C=O) groups excluding carboxylic acids is 1. The minimum absolute atomic E-state index is 0.0100. The number of benzene rings is 1. The molecule has 0 aliphatic carbocycles. The number of hydrogen-bond donors (Lipinski definition) is 1. The zero-order valence-corrected chi connectivity index (χ0v) is 19.7. The summed E-state index contributed by atoms with van der Waals surface area (Å²) in [5.74, 6) is -0.464. The number of nitrogens with zero attached hydrogens (tertiary/aromatic N) is 4. The smallest absolute Gasteiger partial charge is 0.227 e. The number of likely N-dealkylation sites (tertiary alicyclic amines) is 1. The van der Waals surface area contributed by atoms with Crippen molar-refractivity contribution in [2.45, 2.75) is 32.1 Å². The number of rotatable bonds is 9. The van der Waals surface area contributed by atoms with Crippen LogP contribution in [0.5, 0.6) is 5.75 Å². The van der Waals surface area contributed by atoms with E-state index in [4.69, 9.17) is 21.4 Å². The van der Waals surface area contributed by atoms with Gasteiger partial charge in [-0.25, -0.2) is 18.7 Å². The lowest BCUT2D eigenvalue weighted by atomic mass is 9.92. The average Bonchev–Trinajstić information content (AvgIpc) is 2.79. The molecule has 184 valence electrons. The second-order valence-corrected chi connectivity index (χ2v) is 9.45. The molecule has 1 aromatic carbocycles. The maximum absolute atomic E-state index is 14.4. The second kappa shape index (κ2) is 11.3. The third kappa shape index (κ3) is 6.13. The van der Waals surface area contributed by atoms with Gasteiger partial charge in [-0.1, -0.05) is 11.6 Å². The first-order chi connectivity index (χ1) is 16.4. The Labute approximate surface area is 202 Å². The van der Waals surface area contributed by atoms with Crippen LogP contribution in [0.4, 0.5) is 14.7 Å². The Bertz CT molecular complexity index is 958. The summed E-state index contributed by atoms with van der Waals surface area (Å²) in [5.41, 5.74) is -0.249. The molecule has 34 heavy (non-hydrogen) atoms. The van der Waals surface area contributed by atoms with Crippen molar-refractivity contribution in [3.63, 3.8) is 0 Å². The molecule has 0 saturated carbocycles. The molecule has 7 nitrogen and oxygen atoms in total. The van der Waals surface area contributed by atoms with Gasteiger partial charge in [0.25, 0.3) is 0 Å². The zero-order valence-electron chi connectivity index (χ0n) is 18.9. The molecule has 2 fully saturated rings. The first-order valence-corrected chi connectivity index (χ1v) is 12.0. The molecule has 4 rings (SSSR count). The van der Waals surface area contributed by atoms with Gasteiger partial charge in [-0.05, 0) is 31.6 Å². The Hall–Kier alpha value is -2.52. The summed E-state index contributed by atoms with van der Waals surface area (Å²) in [4.78, 5) is 24.4. The summed E-state index contributed by atoms with van der Waals surface area (Å²) in [6.45, 7) is 2.98. The van der Waals surface area contributed by atoms with Crippen molar-refractivity contribution in [1.82, 2.24) is 14.9 Å². The fourth-order valence-corrected chi connectivity index (χ4v) is 4.53. The first kappa shape index (κ1) is 24.6. The number of carbonyl (C=O) groups is 1. The predicted molar refractivity (Wildman–Crippen MR) is 124 cm³/mol. The number of aliphatic hydroxyl groups excluding tert-OH is 1. The SMILES string of the molecule is O=C(Cc1c(F)cc(OCCCC2CCN(c3ncc(Cl)cn3)CC2)cc1F)N1CC(CO)C1. The molecule has 1 aromatic heterocycles. The van der Waals surface area contributed by atoms with Crippen LogP contribution < -0.4 is 9.64 Å². The van der Waals surface area contributed by atoms with Crippen LogP contribution in [0.15, 0.2) is 24.5 Å². The van der Waals surface area contributed by atoms with Crippen molar-refractivity contribution in [3.8, 4) is 5.75 Å². The number of anilines is 1. The van der Waals surface area contributed by atoms with E-state index in [2.05, 4.69) is 14.9 Å². The highest BCUT2D eigenvalue weighted by Crippen LogP contribution is 2.26. The van der Waals surface area contributed by atoms with Crippen LogP contribution in [0.25, 0.3) is 0 Å². The molecule has 2 aromatic rings. The summed E-state index contributed by atoms with van der Waals surface area (Å²) >= 11 is 5.84. The molecule has 0 unspecified atom stereocenters. The zero-order chi connectivity index (χ0) is 24.1. The molecule has 0 radical (unpaired) electrons. The van der Waals surface area contributed by atoms with E-state index in [1.165, 1.54) is 4.90 Å². The van der Waals surface area contributed by atoms with Crippen molar-refractivity contribution in [2.75, 3.05) is 44.3 Å². The summed E-state index contributed by atoms with van der Waals surface area (Å²) < 4.78 is 34.5. The van der Waals surface area contributed by atoms with Gasteiger partial charge in [0.2, 0.25) is 11.9 Å². The standard InChI is InChI=1S/C24H29ClF2N4O3/c25-18-11-28-24(29-12-18)30-5-3-16(4-6-30)2-1-7-34-19-8-21(26)20(22(27)9-19)10-23(33)31-13-17(14-31)15-32/h8-9,11-12,16-17,32H,1-7,10,13-15H2. The molecule has 2 aliphatic rings. The van der Waals surface area contributed by atoms with Crippen molar-refractivity contribution in [1.29, 1.82) is 0 Å². The normalized spacial score (nSPS) is 17.1. The number of piperidine rings is 1. The lowest BCUT2D eigenvalue weighted by molar-refractivity contribution is -0.137. The van der Waals surface area contributed by atoms with Gasteiger partial charge in [0.15, 0.2) is 0 Å². The van der Waals surface area contributed by atoms with E-state index in [1.54, 1.807) is 12.4 Å². The molecule has 3 heterocycles. The van der Waals surface area contributed by atoms with Gasteiger partial charge in [-0.15, -0.1) is 0 Å². The van der Waals surface area contributed by atoms with Gasteiger partial charge in [0, 0.05) is 56.4 Å². The van der Waals surface area contributed by atoms with E-state index >= 15 is 0 Å². The summed E-state index contributed by atoms with van der Waals surface area (Å²) in [7, 11) is 0. The topological polar surface area (TPSA) is 78.8 Å². The highest BCUT2D eigenvalue weighted by molar-refractivity contribution is 6.30. The molecular weight excluding hydrogens is 466 g/mol. The maximum Gasteiger partial charge on any atom is 0.227 e. The second-order valence-electron chi connectivity index (χ2n) is 9.01. The van der Waals surface area contributed by atoms with Gasteiger partial charge in [0.1, 0.15) is 17.4 Å². The molecule has 0 bridgehead atoms. The van der Waals surface area contributed by atoms with E-state index in [9.17, 15) is 13.6 Å². The number of aromatic nitrogens is 2. The molecule has 2 saturated heterocycles. The number of hydrogen-bond acceptors (Lipinski definition) is 6. The van der Waals surface area contributed by atoms with E-state index in [-0.39, 0.29) is 36.2 Å². The largest absolute Gasteiger partial charge is 0.493 e. The Kier molecular flexibility index (Phi) is 8.15. The van der Waals surface area contributed by atoms with Crippen LogP contribution in [0.1, 0.15) is 31.2 Å². The van der Waals surface area contributed by atoms with Gasteiger partial charge >= 0.3 is 0 Å². The molecular formula is C24H29ClF2N4O3. The molecule has 2 aliphatic heterocycles. The van der Waals surface area contributed by atoms with E-state index in [0.29, 0.717) is 36.6 Å². The number of amides is 1. The minimum atomic E-state index is -0.778. The van der Waals surface area contributed by atoms with Crippen molar-refractivity contribution < 1.29 is 23.4 Å². The third-order valence-electron chi connectivity index (χ3n) is 6.54. The van der Waals surface area contributed by atoms with E-state index in [1.807, 2.05) is 0 Å². The molecule has 0 spiro atoms. The van der Waals surface area contributed by atoms with Crippen LogP contribution in [-0.2, 0) is 11.2 Å². The van der Waals surface area contributed by atoms with Gasteiger partial charge in [-0.2, -0.15) is 0 Å². The Morgan fingerprint density at radius 3 is 2.38 bits per heavy atom. The first-order valence-electron chi connectivity index (χ1n) is 11.6. The van der Waals surface area contributed by atoms with Crippen LogP contribution in [0.2, 0.25) is 5.02 Å². The van der Waals surface area contributed by atoms with Crippen LogP contribution >= 0.6 is 11.6 Å². The Balaban J connectivity index is 1.18. The molecule has 1 amide bonds. The van der Waals surface area contributed by atoms with Gasteiger partial charge in [0.05, 0.1) is 30.4 Å². The Morgan fingerprint density at radius 1 is 1.12 bits per heavy atom. The Morgan fingerprint density at radius 2 is 1.76 bits per heavy atom. The number of aliphatic hydroxyl groups is 1. The summed E-state index contributed by atoms with van der Waals surface area (Å²) in [5, 5.41) is 9.55. The molecule has 10 heteroatoms. The summed E-state index contributed by atoms with van der Waals surface area (Å²) in [6.07, 6.45) is 6.66. The predicted octanol–water partition coefficient (Wildman–Crippen LogP) is 3.48. The summed E-state index contributed by atoms with van der Waals surface area (Å²) in [6, 6.07) is 2.28. The van der Waals surface area contributed by atoms with Crippen molar-refractivity contribution >= 4 is 23.5 Å². The van der Waals surface area contributed by atoms with Crippen molar-refractivity contribution in [3.05, 3.63) is 46.7 Å². The number of halogens is 3. The highest BCUT2D eigenvalue weighted by Gasteiger charge is 2.31. The monoisotopic (exact) mass is 494 g/mol. The number of ether oxygens (including phenoxy) is 1. The fraction of sp³-hybridized carbons (Fsp3) is 0.542. The molecule has 0 atom stereocenters. The van der Waals surface area contributed by atoms with Crippen molar-refractivity contribution in [2.24, 2.45) is 11.8 Å².